The summed E-state index contributed by atoms with van der Waals surface area (Å²) in [5.74, 6) is -0.0886. The highest BCUT2D eigenvalue weighted by atomic mass is 16.6. The molecule has 8 nitrogen and oxygen atoms in total. The smallest absolute Gasteiger partial charge is 0.356 e. The number of nitro groups is 1. The lowest BCUT2D eigenvalue weighted by molar-refractivity contribution is -0.386. The van der Waals surface area contributed by atoms with Gasteiger partial charge in [0.2, 0.25) is 0 Å². The molecule has 0 fully saturated rings. The molecule has 0 unspecified atom stereocenters. The Morgan fingerprint density at radius 1 is 1.25 bits per heavy atom. The van der Waals surface area contributed by atoms with E-state index in [9.17, 15) is 10.1 Å². The molecular weight excluding hydrogens is 264 g/mol. The van der Waals surface area contributed by atoms with Crippen molar-refractivity contribution in [3.8, 4) is 11.9 Å². The molecule has 0 amide bonds. The average Bonchev–Trinajstić information content (AvgIpc) is 2.36. The largest absolute Gasteiger partial charge is 0.473 e. The van der Waals surface area contributed by atoms with E-state index in [1.54, 1.807) is 39.0 Å². The van der Waals surface area contributed by atoms with Crippen LogP contribution in [0.25, 0.3) is 6.08 Å². The number of nitrogens with zero attached hydrogens (tertiary/aromatic N) is 4. The van der Waals surface area contributed by atoms with Crippen LogP contribution in [0, 0.1) is 10.1 Å². The molecule has 0 aliphatic rings. The molecule has 20 heavy (non-hydrogen) atoms. The van der Waals surface area contributed by atoms with Crippen molar-refractivity contribution in [2.75, 3.05) is 27.3 Å². The van der Waals surface area contributed by atoms with Crippen molar-refractivity contribution in [1.29, 1.82) is 0 Å². The molecule has 0 N–H and O–H groups in total. The van der Waals surface area contributed by atoms with Crippen LogP contribution in [0.15, 0.2) is 6.20 Å². The van der Waals surface area contributed by atoms with Gasteiger partial charge in [-0.3, -0.25) is 10.1 Å². The van der Waals surface area contributed by atoms with Crippen LogP contribution in [0.5, 0.6) is 11.9 Å². The third-order valence-electron chi connectivity index (χ3n) is 2.13. The summed E-state index contributed by atoms with van der Waals surface area (Å²) >= 11 is 0. The van der Waals surface area contributed by atoms with Crippen molar-refractivity contribution in [3.63, 3.8) is 0 Å². The second-order valence-corrected chi connectivity index (χ2v) is 3.95. The number of ether oxygens (including phenoxy) is 2. The van der Waals surface area contributed by atoms with Crippen LogP contribution in [-0.2, 0) is 0 Å². The van der Waals surface area contributed by atoms with Gasteiger partial charge in [0.15, 0.2) is 5.69 Å². The fraction of sp³-hybridized carbons (Fsp3) is 0.500. The van der Waals surface area contributed by atoms with Gasteiger partial charge in [0.1, 0.15) is 0 Å². The zero-order chi connectivity index (χ0) is 15.1. The van der Waals surface area contributed by atoms with Crippen molar-refractivity contribution in [2.45, 2.75) is 13.8 Å². The van der Waals surface area contributed by atoms with Gasteiger partial charge in [-0.1, -0.05) is 0 Å². The molecule has 0 atom stereocenters. The Bertz CT molecular complexity index is 502. The topological polar surface area (TPSA) is 90.6 Å². The van der Waals surface area contributed by atoms with Crippen LogP contribution in [-0.4, -0.2) is 47.1 Å². The standard InChI is InChI=1S/C12H18N4O4/c1-5-19-11-10(16(17)18)9(7-8-15(3)4)13-12(14-11)20-6-2/h7-8H,5-6H2,1-4H3. The zero-order valence-corrected chi connectivity index (χ0v) is 12.0. The first kappa shape index (κ1) is 15.7. The first-order valence-electron chi connectivity index (χ1n) is 6.16. The SMILES string of the molecule is CCOc1nc(C=CN(C)C)c([N+](=O)[O-])c(OCC)n1. The summed E-state index contributed by atoms with van der Waals surface area (Å²) in [7, 11) is 3.60. The van der Waals surface area contributed by atoms with E-state index in [2.05, 4.69) is 9.97 Å². The minimum Gasteiger partial charge on any atom is -0.473 e. The lowest BCUT2D eigenvalue weighted by Crippen LogP contribution is -2.07. The maximum atomic E-state index is 11.2. The van der Waals surface area contributed by atoms with E-state index in [0.29, 0.717) is 6.61 Å². The summed E-state index contributed by atoms with van der Waals surface area (Å²) in [5, 5.41) is 11.2. The Morgan fingerprint density at radius 3 is 2.40 bits per heavy atom. The Hall–Kier alpha value is -2.38. The summed E-state index contributed by atoms with van der Waals surface area (Å²) < 4.78 is 10.4. The Balaban J connectivity index is 3.37. The van der Waals surface area contributed by atoms with Crippen LogP contribution in [0.3, 0.4) is 0 Å². The van der Waals surface area contributed by atoms with Crippen LogP contribution in [0.2, 0.25) is 0 Å². The van der Waals surface area contributed by atoms with E-state index < -0.39 is 4.92 Å². The normalized spacial score (nSPS) is 10.6. The molecule has 0 spiro atoms. The van der Waals surface area contributed by atoms with Gasteiger partial charge in [-0.05, 0) is 19.9 Å². The van der Waals surface area contributed by atoms with E-state index in [-0.39, 0.29) is 29.9 Å². The molecule has 0 bridgehead atoms. The molecule has 110 valence electrons. The van der Waals surface area contributed by atoms with Gasteiger partial charge in [0.25, 0.3) is 0 Å². The van der Waals surface area contributed by atoms with Gasteiger partial charge in [-0.2, -0.15) is 9.97 Å². The first-order chi connectivity index (χ1) is 9.49. The third-order valence-corrected chi connectivity index (χ3v) is 2.13. The van der Waals surface area contributed by atoms with Crippen LogP contribution in [0.4, 0.5) is 5.69 Å². The minimum atomic E-state index is -0.559. The highest BCUT2D eigenvalue weighted by Crippen LogP contribution is 2.30. The third kappa shape index (κ3) is 4.08. The molecule has 0 radical (unpaired) electrons. The van der Waals surface area contributed by atoms with Gasteiger partial charge in [0.05, 0.1) is 18.1 Å². The summed E-state index contributed by atoms with van der Waals surface area (Å²) in [4.78, 5) is 20.3. The maximum absolute atomic E-state index is 11.2. The molecule has 1 rings (SSSR count). The van der Waals surface area contributed by atoms with E-state index >= 15 is 0 Å². The molecule has 8 heteroatoms. The molecule has 1 aromatic rings. The first-order valence-corrected chi connectivity index (χ1v) is 6.16. The van der Waals surface area contributed by atoms with E-state index in [1.165, 1.54) is 6.08 Å². The summed E-state index contributed by atoms with van der Waals surface area (Å²) in [6.07, 6.45) is 3.17. The lowest BCUT2D eigenvalue weighted by Gasteiger charge is -2.08. The predicted molar refractivity (Wildman–Crippen MR) is 73.7 cm³/mol. The van der Waals surface area contributed by atoms with Crippen molar-refractivity contribution < 1.29 is 14.4 Å². The van der Waals surface area contributed by atoms with Crippen LogP contribution in [0.1, 0.15) is 19.5 Å². The Morgan fingerprint density at radius 2 is 1.90 bits per heavy atom. The molecule has 1 aromatic heterocycles. The van der Waals surface area contributed by atoms with Gasteiger partial charge in [0, 0.05) is 20.3 Å². The Labute approximate surface area is 117 Å². The maximum Gasteiger partial charge on any atom is 0.356 e. The number of hydrogen-bond acceptors (Lipinski definition) is 7. The van der Waals surface area contributed by atoms with E-state index in [0.717, 1.165) is 0 Å². The van der Waals surface area contributed by atoms with Crippen LogP contribution >= 0.6 is 0 Å². The molecule has 0 aliphatic heterocycles. The van der Waals surface area contributed by atoms with E-state index in [4.69, 9.17) is 9.47 Å². The van der Waals surface area contributed by atoms with Crippen molar-refractivity contribution in [2.24, 2.45) is 0 Å². The predicted octanol–water partition coefficient (Wildman–Crippen LogP) is 1.71. The molecule has 0 aromatic carbocycles. The van der Waals surface area contributed by atoms with Gasteiger partial charge in [-0.25, -0.2) is 0 Å². The summed E-state index contributed by atoms with van der Waals surface area (Å²) in [6, 6.07) is 0.0555. The molecule has 1 heterocycles. The van der Waals surface area contributed by atoms with Crippen molar-refractivity contribution >= 4 is 11.8 Å². The number of aromatic nitrogens is 2. The van der Waals surface area contributed by atoms with Gasteiger partial charge < -0.3 is 14.4 Å². The summed E-state index contributed by atoms with van der Waals surface area (Å²) in [6.45, 7) is 4.13. The highest BCUT2D eigenvalue weighted by molar-refractivity contribution is 5.61. The van der Waals surface area contributed by atoms with Crippen molar-refractivity contribution in [1.82, 2.24) is 14.9 Å². The van der Waals surface area contributed by atoms with Gasteiger partial charge in [-0.15, -0.1) is 0 Å². The second kappa shape index (κ2) is 7.27. The molecule has 0 saturated heterocycles. The zero-order valence-electron chi connectivity index (χ0n) is 12.0. The monoisotopic (exact) mass is 282 g/mol. The summed E-state index contributed by atoms with van der Waals surface area (Å²) in [5.41, 5.74) is -0.126. The minimum absolute atomic E-state index is 0.0555. The second-order valence-electron chi connectivity index (χ2n) is 3.95. The Kier molecular flexibility index (Phi) is 5.70. The van der Waals surface area contributed by atoms with Crippen LogP contribution < -0.4 is 9.47 Å². The lowest BCUT2D eigenvalue weighted by atomic mass is 10.3. The molecule has 0 aliphatic carbocycles. The fourth-order valence-corrected chi connectivity index (χ4v) is 1.37. The quantitative estimate of drug-likeness (QED) is 0.555. The molecule has 0 saturated carbocycles. The molecular formula is C12H18N4O4. The fourth-order valence-electron chi connectivity index (χ4n) is 1.37. The average molecular weight is 282 g/mol. The number of hydrogen-bond donors (Lipinski definition) is 0. The van der Waals surface area contributed by atoms with Gasteiger partial charge >= 0.3 is 17.6 Å². The highest BCUT2D eigenvalue weighted by Gasteiger charge is 2.25. The van der Waals surface area contributed by atoms with E-state index in [1.807, 2.05) is 0 Å². The van der Waals surface area contributed by atoms with Crippen molar-refractivity contribution in [3.05, 3.63) is 22.0 Å². The number of rotatable bonds is 7.